The fraction of sp³-hybridized carbons (Fsp3) is 0.500. The molecule has 0 bridgehead atoms. The van der Waals surface area contributed by atoms with Crippen LogP contribution in [0.5, 0.6) is 0 Å². The Hall–Kier alpha value is -2.70. The molecule has 144 valence electrons. The van der Waals surface area contributed by atoms with E-state index in [9.17, 15) is 14.7 Å². The summed E-state index contributed by atoms with van der Waals surface area (Å²) in [6, 6.07) is 3.87. The highest BCUT2D eigenvalue weighted by molar-refractivity contribution is 5.92. The van der Waals surface area contributed by atoms with Crippen LogP contribution in [-0.4, -0.2) is 49.7 Å². The lowest BCUT2D eigenvalue weighted by molar-refractivity contribution is 0.0682. The van der Waals surface area contributed by atoms with Crippen LogP contribution < -0.4 is 0 Å². The van der Waals surface area contributed by atoms with Gasteiger partial charge in [0.25, 0.3) is 5.91 Å². The number of aromatic nitrogens is 3. The topological polar surface area (TPSA) is 88.3 Å². The van der Waals surface area contributed by atoms with Crippen molar-refractivity contribution in [3.05, 3.63) is 47.0 Å². The van der Waals surface area contributed by atoms with Gasteiger partial charge in [-0.05, 0) is 36.8 Å². The van der Waals surface area contributed by atoms with Crippen molar-refractivity contribution in [2.45, 2.75) is 52.0 Å². The molecule has 0 saturated carbocycles. The molecule has 1 amide bonds. The Labute approximate surface area is 159 Å². The second-order valence-electron chi connectivity index (χ2n) is 8.10. The Morgan fingerprint density at radius 1 is 1.15 bits per heavy atom. The standard InChI is InChI=1S/C20H26N4O3/c1-13-16(19(26)27)12-22-24(13)15-7-9-23(10-8-15)18(25)17-6-5-14(11-21-17)20(2,3)4/h5-6,11-12,15H,7-10H2,1-4H3,(H,26,27). The van der Waals surface area contributed by atoms with E-state index in [2.05, 4.69) is 30.9 Å². The largest absolute Gasteiger partial charge is 0.478 e. The van der Waals surface area contributed by atoms with Gasteiger partial charge < -0.3 is 10.0 Å². The molecule has 1 saturated heterocycles. The van der Waals surface area contributed by atoms with Crippen molar-refractivity contribution in [2.24, 2.45) is 0 Å². The van der Waals surface area contributed by atoms with Crippen LogP contribution in [0.1, 0.15) is 71.8 Å². The molecule has 0 spiro atoms. The summed E-state index contributed by atoms with van der Waals surface area (Å²) in [5.74, 6) is -1.02. The quantitative estimate of drug-likeness (QED) is 0.897. The lowest BCUT2D eigenvalue weighted by Gasteiger charge is -2.32. The van der Waals surface area contributed by atoms with E-state index in [4.69, 9.17) is 0 Å². The molecular weight excluding hydrogens is 344 g/mol. The fourth-order valence-corrected chi connectivity index (χ4v) is 3.44. The minimum Gasteiger partial charge on any atom is -0.478 e. The second-order valence-corrected chi connectivity index (χ2v) is 8.10. The number of aromatic carboxylic acids is 1. The number of hydrogen-bond donors (Lipinski definition) is 1. The summed E-state index contributed by atoms with van der Waals surface area (Å²) in [4.78, 5) is 30.1. The zero-order valence-corrected chi connectivity index (χ0v) is 16.3. The van der Waals surface area contributed by atoms with Gasteiger partial charge in [-0.15, -0.1) is 0 Å². The Kier molecular flexibility index (Phi) is 5.04. The highest BCUT2D eigenvalue weighted by atomic mass is 16.4. The van der Waals surface area contributed by atoms with Crippen LogP contribution in [0, 0.1) is 6.92 Å². The summed E-state index contributed by atoms with van der Waals surface area (Å²) in [6.45, 7) is 9.33. The van der Waals surface area contributed by atoms with Gasteiger partial charge in [0.2, 0.25) is 0 Å². The van der Waals surface area contributed by atoms with Gasteiger partial charge in [0, 0.05) is 19.3 Å². The first-order valence-electron chi connectivity index (χ1n) is 9.21. The molecule has 2 aromatic heterocycles. The normalized spacial score (nSPS) is 15.8. The number of carbonyl (C=O) groups is 2. The first kappa shape index (κ1) is 19.1. The Bertz CT molecular complexity index is 841. The molecule has 0 atom stereocenters. The van der Waals surface area contributed by atoms with Crippen LogP contribution in [0.3, 0.4) is 0 Å². The SMILES string of the molecule is Cc1c(C(=O)O)cnn1C1CCN(C(=O)c2ccc(C(C)(C)C)cn2)CC1. The van der Waals surface area contributed by atoms with Crippen molar-refractivity contribution in [2.75, 3.05) is 13.1 Å². The average molecular weight is 370 g/mol. The first-order valence-corrected chi connectivity index (χ1v) is 9.21. The highest BCUT2D eigenvalue weighted by Gasteiger charge is 2.27. The predicted octanol–water partition coefficient (Wildman–Crippen LogP) is 3.06. The van der Waals surface area contributed by atoms with Crippen molar-refractivity contribution < 1.29 is 14.7 Å². The smallest absolute Gasteiger partial charge is 0.339 e. The number of rotatable bonds is 3. The molecule has 1 aliphatic heterocycles. The van der Waals surface area contributed by atoms with Crippen molar-refractivity contribution in [3.63, 3.8) is 0 Å². The van der Waals surface area contributed by atoms with Crippen LogP contribution in [0.15, 0.2) is 24.5 Å². The summed E-state index contributed by atoms with van der Waals surface area (Å²) in [5, 5.41) is 13.4. The van der Waals surface area contributed by atoms with Crippen molar-refractivity contribution in [1.29, 1.82) is 0 Å². The van der Waals surface area contributed by atoms with E-state index in [0.29, 0.717) is 24.5 Å². The maximum absolute atomic E-state index is 12.7. The van der Waals surface area contributed by atoms with Crippen molar-refractivity contribution in [3.8, 4) is 0 Å². The second kappa shape index (κ2) is 7.13. The van der Waals surface area contributed by atoms with Gasteiger partial charge in [0.15, 0.2) is 0 Å². The molecule has 7 heteroatoms. The predicted molar refractivity (Wildman–Crippen MR) is 101 cm³/mol. The number of pyridine rings is 1. The fourth-order valence-electron chi connectivity index (χ4n) is 3.44. The molecule has 1 N–H and O–H groups in total. The van der Waals surface area contributed by atoms with Gasteiger partial charge in [-0.1, -0.05) is 26.8 Å². The zero-order chi connectivity index (χ0) is 19.8. The molecule has 0 radical (unpaired) electrons. The number of nitrogens with zero attached hydrogens (tertiary/aromatic N) is 4. The molecule has 1 aliphatic rings. The number of likely N-dealkylation sites (tertiary alicyclic amines) is 1. The number of carboxylic acids is 1. The number of hydrogen-bond acceptors (Lipinski definition) is 4. The molecular formula is C20H26N4O3. The summed E-state index contributed by atoms with van der Waals surface area (Å²) in [7, 11) is 0. The average Bonchev–Trinajstić information content (AvgIpc) is 3.02. The van der Waals surface area contributed by atoms with Crippen LogP contribution >= 0.6 is 0 Å². The molecule has 1 fully saturated rings. The van der Waals surface area contributed by atoms with E-state index >= 15 is 0 Å². The summed E-state index contributed by atoms with van der Waals surface area (Å²) in [5.41, 5.74) is 2.46. The number of amides is 1. The van der Waals surface area contributed by atoms with E-state index in [1.54, 1.807) is 23.9 Å². The Balaban J connectivity index is 1.65. The molecule has 0 unspecified atom stereocenters. The van der Waals surface area contributed by atoms with Gasteiger partial charge in [-0.25, -0.2) is 4.79 Å². The third kappa shape index (κ3) is 3.86. The summed E-state index contributed by atoms with van der Waals surface area (Å²) < 4.78 is 1.78. The third-order valence-electron chi connectivity index (χ3n) is 5.22. The number of piperidine rings is 1. The van der Waals surface area contributed by atoms with Gasteiger partial charge in [0.1, 0.15) is 11.3 Å². The zero-order valence-electron chi connectivity index (χ0n) is 16.3. The minimum atomic E-state index is -0.962. The van der Waals surface area contributed by atoms with E-state index in [0.717, 1.165) is 18.4 Å². The molecule has 0 aliphatic carbocycles. The molecule has 7 nitrogen and oxygen atoms in total. The maximum atomic E-state index is 12.7. The summed E-state index contributed by atoms with van der Waals surface area (Å²) >= 11 is 0. The van der Waals surface area contributed by atoms with Gasteiger partial charge >= 0.3 is 5.97 Å². The molecule has 27 heavy (non-hydrogen) atoms. The van der Waals surface area contributed by atoms with Crippen LogP contribution in [0.25, 0.3) is 0 Å². The molecule has 3 heterocycles. The van der Waals surface area contributed by atoms with Crippen molar-refractivity contribution in [1.82, 2.24) is 19.7 Å². The number of carboxylic acid groups (broad SMARTS) is 1. The number of carbonyl (C=O) groups excluding carboxylic acids is 1. The van der Waals surface area contributed by atoms with Gasteiger partial charge in [-0.3, -0.25) is 14.5 Å². The lowest BCUT2D eigenvalue weighted by Crippen LogP contribution is -2.39. The molecule has 0 aromatic carbocycles. The van der Waals surface area contributed by atoms with Gasteiger partial charge in [0.05, 0.1) is 17.9 Å². The molecule has 3 rings (SSSR count). The first-order chi connectivity index (χ1) is 12.7. The summed E-state index contributed by atoms with van der Waals surface area (Å²) in [6.07, 6.45) is 4.66. The minimum absolute atomic E-state index is 0.00333. The monoisotopic (exact) mass is 370 g/mol. The van der Waals surface area contributed by atoms with E-state index in [-0.39, 0.29) is 22.9 Å². The van der Waals surface area contributed by atoms with Crippen LogP contribution in [0.4, 0.5) is 0 Å². The maximum Gasteiger partial charge on any atom is 0.339 e. The van der Waals surface area contributed by atoms with Crippen LogP contribution in [-0.2, 0) is 5.41 Å². The lowest BCUT2D eigenvalue weighted by atomic mass is 9.88. The third-order valence-corrected chi connectivity index (χ3v) is 5.22. The van der Waals surface area contributed by atoms with E-state index in [1.807, 2.05) is 11.0 Å². The van der Waals surface area contributed by atoms with Gasteiger partial charge in [-0.2, -0.15) is 5.10 Å². The van der Waals surface area contributed by atoms with E-state index in [1.165, 1.54) is 6.20 Å². The Morgan fingerprint density at radius 3 is 2.30 bits per heavy atom. The van der Waals surface area contributed by atoms with E-state index < -0.39 is 5.97 Å². The highest BCUT2D eigenvalue weighted by Crippen LogP contribution is 2.26. The van der Waals surface area contributed by atoms with Crippen molar-refractivity contribution >= 4 is 11.9 Å². The Morgan fingerprint density at radius 2 is 1.81 bits per heavy atom. The molecule has 2 aromatic rings. The van der Waals surface area contributed by atoms with Crippen LogP contribution in [0.2, 0.25) is 0 Å².